The first-order valence-electron chi connectivity index (χ1n) is 14.4. The zero-order chi connectivity index (χ0) is 24.6. The Labute approximate surface area is 212 Å². The fourth-order valence-electron chi connectivity index (χ4n) is 9.31. The fraction of sp³-hybridized carbons (Fsp3) is 0.867. The molecule has 6 unspecified atom stereocenters. The summed E-state index contributed by atoms with van der Waals surface area (Å²) in [6, 6.07) is 0.594. The molecular formula is C30H47NO4. The van der Waals surface area contributed by atoms with E-state index in [2.05, 4.69) is 44.7 Å². The molecule has 1 saturated heterocycles. The minimum atomic E-state index is -0.209. The molecule has 1 aliphatic heterocycles. The molecule has 0 amide bonds. The standard InChI is InChI=1S/C30H47NO4/c1-6-31(18-19-7-8-19)23-15-20-9-10-22(34-14-13-32)26-24(20)25-27(35-26)30(33-5)12-11-29(23,25)17-21(30)16-28(2,3)4/h9-10,19,21,23-27,32H,6-8,11-18H2,1-5H3/t21?,23?,24?,25?,26?,27?,29-,30+/m0/s1. The highest BCUT2D eigenvalue weighted by molar-refractivity contribution is 5.39. The first-order chi connectivity index (χ1) is 16.8. The van der Waals surface area contributed by atoms with Crippen molar-refractivity contribution in [3.05, 3.63) is 23.5 Å². The van der Waals surface area contributed by atoms with Gasteiger partial charge in [-0.05, 0) is 80.2 Å². The predicted octanol–water partition coefficient (Wildman–Crippen LogP) is 4.94. The van der Waals surface area contributed by atoms with Crippen molar-refractivity contribution in [2.24, 2.45) is 34.5 Å². The second-order valence-electron chi connectivity index (χ2n) is 13.7. The van der Waals surface area contributed by atoms with E-state index in [4.69, 9.17) is 14.2 Å². The summed E-state index contributed by atoms with van der Waals surface area (Å²) in [5.74, 6) is 3.21. The minimum Gasteiger partial charge on any atom is -0.493 e. The van der Waals surface area contributed by atoms with Gasteiger partial charge in [0.1, 0.15) is 18.5 Å². The van der Waals surface area contributed by atoms with Gasteiger partial charge in [-0.3, -0.25) is 4.90 Å². The highest BCUT2D eigenvalue weighted by Crippen LogP contribution is 2.72. The van der Waals surface area contributed by atoms with E-state index in [9.17, 15) is 5.11 Å². The molecule has 6 aliphatic carbocycles. The van der Waals surface area contributed by atoms with Crippen LogP contribution >= 0.6 is 0 Å². The van der Waals surface area contributed by atoms with E-state index < -0.39 is 0 Å². The summed E-state index contributed by atoms with van der Waals surface area (Å²) >= 11 is 0. The topological polar surface area (TPSA) is 51.2 Å². The molecule has 8 atom stereocenters. The highest BCUT2D eigenvalue weighted by Gasteiger charge is 2.75. The van der Waals surface area contributed by atoms with E-state index in [1.165, 1.54) is 45.1 Å². The molecule has 1 N–H and O–H groups in total. The van der Waals surface area contributed by atoms with Gasteiger partial charge in [0.25, 0.3) is 0 Å². The maximum Gasteiger partial charge on any atom is 0.125 e. The quantitative estimate of drug-likeness (QED) is 0.501. The third-order valence-corrected chi connectivity index (χ3v) is 10.7. The number of allylic oxidation sites excluding steroid dienone is 2. The predicted molar refractivity (Wildman–Crippen MR) is 137 cm³/mol. The largest absolute Gasteiger partial charge is 0.493 e. The van der Waals surface area contributed by atoms with Gasteiger partial charge in [0.05, 0.1) is 18.3 Å². The molecule has 6 fully saturated rings. The van der Waals surface area contributed by atoms with Crippen molar-refractivity contribution in [1.82, 2.24) is 4.90 Å². The lowest BCUT2D eigenvalue weighted by Crippen LogP contribution is -2.72. The Morgan fingerprint density at radius 2 is 2.00 bits per heavy atom. The summed E-state index contributed by atoms with van der Waals surface area (Å²) in [6.45, 7) is 12.3. The van der Waals surface area contributed by atoms with Crippen molar-refractivity contribution in [3.8, 4) is 0 Å². The van der Waals surface area contributed by atoms with Crippen LogP contribution in [0, 0.1) is 34.5 Å². The number of hydrogen-bond acceptors (Lipinski definition) is 5. The minimum absolute atomic E-state index is 0.0311. The van der Waals surface area contributed by atoms with Crippen LogP contribution in [0.15, 0.2) is 23.5 Å². The SMILES string of the molecule is CCN(CC1CC1)C1CC2=CC=C(OCCO)C3OC4C(C23)[C@]12CC[C@@]4(OC)C(CC(C)(C)C)C2. The summed E-state index contributed by atoms with van der Waals surface area (Å²) in [7, 11) is 1.95. The third-order valence-electron chi connectivity index (χ3n) is 10.7. The van der Waals surface area contributed by atoms with Crippen LogP contribution < -0.4 is 0 Å². The zero-order valence-electron chi connectivity index (χ0n) is 22.6. The monoisotopic (exact) mass is 485 g/mol. The lowest BCUT2D eigenvalue weighted by Gasteiger charge is -2.68. The average molecular weight is 486 g/mol. The maximum absolute atomic E-state index is 9.43. The Bertz CT molecular complexity index is 887. The molecule has 35 heavy (non-hydrogen) atoms. The Morgan fingerprint density at radius 1 is 1.20 bits per heavy atom. The fourth-order valence-corrected chi connectivity index (χ4v) is 9.31. The van der Waals surface area contributed by atoms with Crippen LogP contribution in [0.4, 0.5) is 0 Å². The van der Waals surface area contributed by atoms with E-state index in [0.717, 1.165) is 24.6 Å². The summed E-state index contributed by atoms with van der Waals surface area (Å²) < 4.78 is 19.8. The number of hydrogen-bond donors (Lipinski definition) is 1. The Hall–Kier alpha value is -0.880. The molecule has 2 bridgehead atoms. The van der Waals surface area contributed by atoms with Gasteiger partial charge in [0.2, 0.25) is 0 Å². The number of aliphatic hydroxyl groups excluding tert-OH is 1. The highest BCUT2D eigenvalue weighted by atomic mass is 16.6. The van der Waals surface area contributed by atoms with E-state index >= 15 is 0 Å². The number of methoxy groups -OCH3 is 1. The normalized spacial score (nSPS) is 43.7. The molecule has 0 aromatic rings. The van der Waals surface area contributed by atoms with Gasteiger partial charge in [0.15, 0.2) is 0 Å². The van der Waals surface area contributed by atoms with Crippen LogP contribution in [0.2, 0.25) is 0 Å². The van der Waals surface area contributed by atoms with Crippen LogP contribution in [0.3, 0.4) is 0 Å². The maximum atomic E-state index is 9.43. The van der Waals surface area contributed by atoms with Crippen LogP contribution in [0.5, 0.6) is 0 Å². The molecule has 7 rings (SSSR count). The van der Waals surface area contributed by atoms with Gasteiger partial charge >= 0.3 is 0 Å². The average Bonchev–Trinajstić information content (AvgIpc) is 3.55. The van der Waals surface area contributed by atoms with E-state index in [-0.39, 0.29) is 35.2 Å². The third kappa shape index (κ3) is 3.70. The van der Waals surface area contributed by atoms with Crippen LogP contribution in [0.25, 0.3) is 0 Å². The Morgan fingerprint density at radius 3 is 2.66 bits per heavy atom. The van der Waals surface area contributed by atoms with Crippen LogP contribution in [0.1, 0.15) is 72.6 Å². The van der Waals surface area contributed by atoms with Crippen molar-refractivity contribution < 1.29 is 19.3 Å². The Balaban J connectivity index is 1.45. The van der Waals surface area contributed by atoms with Crippen LogP contribution in [-0.4, -0.2) is 67.3 Å². The number of ether oxygens (including phenoxy) is 3. The summed E-state index contributed by atoms with van der Waals surface area (Å²) in [6.07, 6.45) is 13.4. The van der Waals surface area contributed by atoms with Crippen molar-refractivity contribution in [3.63, 3.8) is 0 Å². The molecular weight excluding hydrogens is 438 g/mol. The second-order valence-corrected chi connectivity index (χ2v) is 13.7. The molecule has 5 saturated carbocycles. The Kier molecular flexibility index (Phi) is 5.99. The van der Waals surface area contributed by atoms with Crippen molar-refractivity contribution in [2.75, 3.05) is 33.4 Å². The van der Waals surface area contributed by atoms with Crippen molar-refractivity contribution in [1.29, 1.82) is 0 Å². The first kappa shape index (κ1) is 24.5. The molecule has 0 aromatic heterocycles. The van der Waals surface area contributed by atoms with Gasteiger partial charge in [-0.1, -0.05) is 39.3 Å². The molecule has 196 valence electrons. The van der Waals surface area contributed by atoms with Crippen molar-refractivity contribution in [2.45, 2.75) is 96.5 Å². The first-order valence-corrected chi connectivity index (χ1v) is 14.4. The van der Waals surface area contributed by atoms with Gasteiger partial charge < -0.3 is 19.3 Å². The zero-order valence-corrected chi connectivity index (χ0v) is 22.6. The molecule has 0 aromatic carbocycles. The molecule has 7 aliphatic rings. The van der Waals surface area contributed by atoms with E-state index in [1.54, 1.807) is 5.57 Å². The number of aliphatic hydroxyl groups is 1. The van der Waals surface area contributed by atoms with Gasteiger partial charge in [-0.25, -0.2) is 0 Å². The number of nitrogens with zero attached hydrogens (tertiary/aromatic N) is 1. The summed E-state index contributed by atoms with van der Waals surface area (Å²) in [4.78, 5) is 2.87. The number of rotatable bonds is 9. The van der Waals surface area contributed by atoms with Crippen molar-refractivity contribution >= 4 is 0 Å². The second kappa shape index (κ2) is 8.58. The smallest absolute Gasteiger partial charge is 0.125 e. The van der Waals surface area contributed by atoms with E-state index in [0.29, 0.717) is 30.4 Å². The van der Waals surface area contributed by atoms with Gasteiger partial charge in [-0.2, -0.15) is 0 Å². The lowest BCUT2D eigenvalue weighted by molar-refractivity contribution is -0.265. The molecule has 0 radical (unpaired) electrons. The van der Waals surface area contributed by atoms with E-state index in [1.807, 2.05) is 7.11 Å². The molecule has 1 heterocycles. The van der Waals surface area contributed by atoms with Gasteiger partial charge in [-0.15, -0.1) is 0 Å². The van der Waals surface area contributed by atoms with Crippen LogP contribution in [-0.2, 0) is 14.2 Å². The summed E-state index contributed by atoms with van der Waals surface area (Å²) in [5.41, 5.74) is 1.89. The lowest BCUT2D eigenvalue weighted by atomic mass is 9.40. The molecule has 5 heteroatoms. The molecule has 5 nitrogen and oxygen atoms in total. The molecule has 1 spiro atoms. The summed E-state index contributed by atoms with van der Waals surface area (Å²) in [5, 5.41) is 9.43. The van der Waals surface area contributed by atoms with Gasteiger partial charge in [0, 0.05) is 31.5 Å². The number of fused-ring (bicyclic) bond motifs is 2.